The van der Waals surface area contributed by atoms with E-state index in [9.17, 15) is 4.79 Å². The van der Waals surface area contributed by atoms with E-state index in [1.807, 2.05) is 43.3 Å². The van der Waals surface area contributed by atoms with Gasteiger partial charge in [-0.2, -0.15) is 0 Å². The minimum absolute atomic E-state index is 0.0847. The highest BCUT2D eigenvalue weighted by molar-refractivity contribution is 9.10. The quantitative estimate of drug-likeness (QED) is 0.808. The largest absolute Gasteiger partial charge is 0.385 e. The van der Waals surface area contributed by atoms with Gasteiger partial charge < -0.3 is 15.5 Å². The van der Waals surface area contributed by atoms with E-state index in [0.717, 1.165) is 16.7 Å². The first kappa shape index (κ1) is 15.0. The summed E-state index contributed by atoms with van der Waals surface area (Å²) in [7, 11) is 3.97. The van der Waals surface area contributed by atoms with E-state index >= 15 is 0 Å². The molecule has 1 aromatic rings. The number of amides is 1. The molecule has 0 radical (unpaired) electrons. The van der Waals surface area contributed by atoms with E-state index in [-0.39, 0.29) is 5.91 Å². The lowest BCUT2D eigenvalue weighted by Crippen LogP contribution is -2.32. The topological polar surface area (TPSA) is 44.4 Å². The molecule has 1 amide bonds. The second kappa shape index (κ2) is 8.11. The van der Waals surface area contributed by atoms with Crippen molar-refractivity contribution in [3.63, 3.8) is 0 Å². The van der Waals surface area contributed by atoms with Gasteiger partial charge in [-0.05, 0) is 38.4 Å². The highest BCUT2D eigenvalue weighted by atomic mass is 79.9. The van der Waals surface area contributed by atoms with E-state index in [4.69, 9.17) is 0 Å². The van der Waals surface area contributed by atoms with Crippen LogP contribution in [-0.2, 0) is 4.79 Å². The van der Waals surface area contributed by atoms with E-state index in [1.54, 1.807) is 0 Å². The standard InChI is InChI=1S/C13H20BrN3O/c1-17(2)10-9-16-13(18)7-8-15-12-5-3-11(14)4-6-12/h3-6,15H,7-10H2,1-2H3,(H,16,18). The number of carbonyl (C=O) groups is 1. The summed E-state index contributed by atoms with van der Waals surface area (Å²) in [6.45, 7) is 2.21. The first-order valence-corrected chi connectivity index (χ1v) is 6.78. The van der Waals surface area contributed by atoms with Crippen LogP contribution in [0.1, 0.15) is 6.42 Å². The summed E-state index contributed by atoms with van der Waals surface area (Å²) < 4.78 is 1.05. The first-order valence-electron chi connectivity index (χ1n) is 5.99. The van der Waals surface area contributed by atoms with Crippen LogP contribution in [0.15, 0.2) is 28.7 Å². The van der Waals surface area contributed by atoms with Crippen LogP contribution in [0.5, 0.6) is 0 Å². The zero-order valence-electron chi connectivity index (χ0n) is 10.9. The minimum atomic E-state index is 0.0847. The average molecular weight is 314 g/mol. The number of carbonyl (C=O) groups excluding carboxylic acids is 1. The molecular formula is C13H20BrN3O. The van der Waals surface area contributed by atoms with Crippen molar-refractivity contribution in [3.8, 4) is 0 Å². The number of rotatable bonds is 7. The second-order valence-electron chi connectivity index (χ2n) is 4.34. The Morgan fingerprint density at radius 2 is 1.89 bits per heavy atom. The van der Waals surface area contributed by atoms with Gasteiger partial charge in [0.05, 0.1) is 0 Å². The van der Waals surface area contributed by atoms with Crippen molar-refractivity contribution in [1.29, 1.82) is 0 Å². The number of halogens is 1. The highest BCUT2D eigenvalue weighted by Crippen LogP contribution is 2.13. The third-order valence-corrected chi connectivity index (χ3v) is 2.94. The van der Waals surface area contributed by atoms with Gasteiger partial charge in [-0.1, -0.05) is 15.9 Å². The van der Waals surface area contributed by atoms with Crippen molar-refractivity contribution in [2.75, 3.05) is 39.0 Å². The molecule has 2 N–H and O–H groups in total. The summed E-state index contributed by atoms with van der Waals surface area (Å²) in [6.07, 6.45) is 0.490. The molecule has 18 heavy (non-hydrogen) atoms. The summed E-state index contributed by atoms with van der Waals surface area (Å²) >= 11 is 3.38. The first-order chi connectivity index (χ1) is 8.58. The number of benzene rings is 1. The van der Waals surface area contributed by atoms with Crippen LogP contribution in [0.3, 0.4) is 0 Å². The fourth-order valence-corrected chi connectivity index (χ4v) is 1.66. The zero-order valence-corrected chi connectivity index (χ0v) is 12.5. The lowest BCUT2D eigenvalue weighted by atomic mass is 10.3. The van der Waals surface area contributed by atoms with Gasteiger partial charge in [-0.3, -0.25) is 4.79 Å². The zero-order chi connectivity index (χ0) is 13.4. The lowest BCUT2D eigenvalue weighted by Gasteiger charge is -2.11. The molecule has 0 unspecified atom stereocenters. The van der Waals surface area contributed by atoms with Crippen LogP contribution in [0.4, 0.5) is 5.69 Å². The maximum atomic E-state index is 11.5. The van der Waals surface area contributed by atoms with Crippen molar-refractivity contribution in [3.05, 3.63) is 28.7 Å². The van der Waals surface area contributed by atoms with E-state index in [1.165, 1.54) is 0 Å². The Kier molecular flexibility index (Phi) is 6.75. The normalized spacial score (nSPS) is 10.4. The summed E-state index contributed by atoms with van der Waals surface area (Å²) in [5.41, 5.74) is 1.03. The van der Waals surface area contributed by atoms with Crippen molar-refractivity contribution in [1.82, 2.24) is 10.2 Å². The van der Waals surface area contributed by atoms with Gasteiger partial charge in [-0.15, -0.1) is 0 Å². The van der Waals surface area contributed by atoms with E-state index in [0.29, 0.717) is 19.5 Å². The van der Waals surface area contributed by atoms with Crippen molar-refractivity contribution >= 4 is 27.5 Å². The fourth-order valence-electron chi connectivity index (χ4n) is 1.40. The van der Waals surface area contributed by atoms with Crippen LogP contribution < -0.4 is 10.6 Å². The molecule has 0 heterocycles. The minimum Gasteiger partial charge on any atom is -0.385 e. The highest BCUT2D eigenvalue weighted by Gasteiger charge is 2.00. The van der Waals surface area contributed by atoms with Crippen LogP contribution in [0.25, 0.3) is 0 Å². The molecular weight excluding hydrogens is 294 g/mol. The third kappa shape index (κ3) is 6.61. The Hall–Kier alpha value is -1.07. The maximum absolute atomic E-state index is 11.5. The third-order valence-electron chi connectivity index (χ3n) is 2.41. The van der Waals surface area contributed by atoms with Gasteiger partial charge in [0.1, 0.15) is 0 Å². The number of hydrogen-bond acceptors (Lipinski definition) is 3. The Balaban J connectivity index is 2.13. The molecule has 1 rings (SSSR count). The van der Waals surface area contributed by atoms with Gasteiger partial charge >= 0.3 is 0 Å². The average Bonchev–Trinajstić information content (AvgIpc) is 2.31. The Bertz CT molecular complexity index is 365. The molecule has 0 saturated heterocycles. The number of nitrogens with zero attached hydrogens (tertiary/aromatic N) is 1. The molecule has 0 spiro atoms. The molecule has 0 bridgehead atoms. The molecule has 0 aromatic heterocycles. The van der Waals surface area contributed by atoms with E-state index < -0.39 is 0 Å². The molecule has 0 atom stereocenters. The number of likely N-dealkylation sites (N-methyl/N-ethyl adjacent to an activating group) is 1. The molecule has 100 valence electrons. The number of hydrogen-bond donors (Lipinski definition) is 2. The molecule has 0 aliphatic heterocycles. The Morgan fingerprint density at radius 1 is 1.22 bits per heavy atom. The molecule has 0 aliphatic rings. The van der Waals surface area contributed by atoms with Crippen molar-refractivity contribution < 1.29 is 4.79 Å². The van der Waals surface area contributed by atoms with Crippen LogP contribution in [-0.4, -0.2) is 44.5 Å². The van der Waals surface area contributed by atoms with Gasteiger partial charge in [0.15, 0.2) is 0 Å². The van der Waals surface area contributed by atoms with Crippen molar-refractivity contribution in [2.45, 2.75) is 6.42 Å². The molecule has 5 heteroatoms. The Labute approximate surface area is 117 Å². The Morgan fingerprint density at radius 3 is 2.50 bits per heavy atom. The smallest absolute Gasteiger partial charge is 0.221 e. The second-order valence-corrected chi connectivity index (χ2v) is 5.25. The molecule has 0 saturated carbocycles. The van der Waals surface area contributed by atoms with Gasteiger partial charge in [0.2, 0.25) is 5.91 Å². The summed E-state index contributed by atoms with van der Waals surface area (Å²) in [6, 6.07) is 7.90. The number of nitrogens with one attached hydrogen (secondary N) is 2. The SMILES string of the molecule is CN(C)CCNC(=O)CCNc1ccc(Br)cc1. The molecule has 1 aromatic carbocycles. The van der Waals surface area contributed by atoms with E-state index in [2.05, 4.69) is 26.6 Å². The predicted octanol–water partition coefficient (Wildman–Crippen LogP) is 1.93. The van der Waals surface area contributed by atoms with Crippen molar-refractivity contribution in [2.24, 2.45) is 0 Å². The molecule has 4 nitrogen and oxygen atoms in total. The van der Waals surface area contributed by atoms with Gasteiger partial charge in [0.25, 0.3) is 0 Å². The summed E-state index contributed by atoms with van der Waals surface area (Å²) in [5.74, 6) is 0.0847. The van der Waals surface area contributed by atoms with Crippen LogP contribution in [0, 0.1) is 0 Å². The number of anilines is 1. The molecule has 0 aliphatic carbocycles. The van der Waals surface area contributed by atoms with Gasteiger partial charge in [-0.25, -0.2) is 0 Å². The van der Waals surface area contributed by atoms with Crippen LogP contribution >= 0.6 is 15.9 Å². The monoisotopic (exact) mass is 313 g/mol. The van der Waals surface area contributed by atoms with Crippen LogP contribution in [0.2, 0.25) is 0 Å². The summed E-state index contributed by atoms with van der Waals surface area (Å²) in [5, 5.41) is 6.09. The summed E-state index contributed by atoms with van der Waals surface area (Å²) in [4.78, 5) is 13.5. The molecule has 0 fully saturated rings. The lowest BCUT2D eigenvalue weighted by molar-refractivity contribution is -0.120. The fraction of sp³-hybridized carbons (Fsp3) is 0.462. The maximum Gasteiger partial charge on any atom is 0.221 e. The van der Waals surface area contributed by atoms with Gasteiger partial charge in [0, 0.05) is 36.2 Å². The predicted molar refractivity (Wildman–Crippen MR) is 78.8 cm³/mol.